The zero-order chi connectivity index (χ0) is 15.0. The van der Waals surface area contributed by atoms with E-state index in [1.54, 1.807) is 19.0 Å². The molecule has 0 spiro atoms. The molecule has 21 heavy (non-hydrogen) atoms. The second-order valence-electron chi connectivity index (χ2n) is 6.79. The number of carbonyl (C=O) groups excluding carboxylic acids is 2. The van der Waals surface area contributed by atoms with Gasteiger partial charge in [-0.2, -0.15) is 0 Å². The Morgan fingerprint density at radius 3 is 2.38 bits per heavy atom. The van der Waals surface area contributed by atoms with Crippen LogP contribution < -0.4 is 5.32 Å². The molecule has 1 N–H and O–H groups in total. The molecule has 0 aromatic rings. The minimum atomic E-state index is 0.0563. The molecule has 0 aliphatic carbocycles. The molecule has 3 rings (SSSR count). The first-order valence-electron chi connectivity index (χ1n) is 8.04. The van der Waals surface area contributed by atoms with Crippen molar-refractivity contribution >= 4 is 11.9 Å². The van der Waals surface area contributed by atoms with Crippen LogP contribution in [0.25, 0.3) is 0 Å². The van der Waals surface area contributed by atoms with Crippen LogP contribution in [0.4, 0.5) is 4.79 Å². The van der Waals surface area contributed by atoms with Gasteiger partial charge < -0.3 is 20.0 Å². The van der Waals surface area contributed by atoms with Crippen molar-refractivity contribution in [3.63, 3.8) is 0 Å². The van der Waals surface area contributed by atoms with Crippen molar-refractivity contribution in [3.8, 4) is 0 Å². The third kappa shape index (κ3) is 2.86. The Labute approximate surface area is 126 Å². The van der Waals surface area contributed by atoms with Gasteiger partial charge in [0.1, 0.15) is 0 Å². The van der Waals surface area contributed by atoms with E-state index in [9.17, 15) is 9.59 Å². The molecule has 3 fully saturated rings. The number of nitrogens with zero attached hydrogens (tertiary/aromatic N) is 3. The maximum atomic E-state index is 12.6. The summed E-state index contributed by atoms with van der Waals surface area (Å²) >= 11 is 0. The largest absolute Gasteiger partial charge is 0.341 e. The van der Waals surface area contributed by atoms with E-state index in [-0.39, 0.29) is 11.9 Å². The van der Waals surface area contributed by atoms with Gasteiger partial charge in [0.2, 0.25) is 5.91 Å². The molecule has 3 saturated heterocycles. The van der Waals surface area contributed by atoms with Crippen molar-refractivity contribution in [2.45, 2.75) is 25.3 Å². The molecule has 0 saturated carbocycles. The Hall–Kier alpha value is -1.30. The molecule has 118 valence electrons. The molecule has 3 amide bonds. The summed E-state index contributed by atoms with van der Waals surface area (Å²) in [6.45, 7) is 4.30. The van der Waals surface area contributed by atoms with E-state index in [0.717, 1.165) is 32.5 Å². The van der Waals surface area contributed by atoms with Gasteiger partial charge in [-0.3, -0.25) is 4.79 Å². The van der Waals surface area contributed by atoms with Crippen molar-refractivity contribution in [3.05, 3.63) is 0 Å². The predicted octanol–water partition coefficient (Wildman–Crippen LogP) is 0.200. The Balaban J connectivity index is 1.50. The fourth-order valence-corrected chi connectivity index (χ4v) is 3.89. The summed E-state index contributed by atoms with van der Waals surface area (Å²) in [6, 6.07) is 0.574. The van der Waals surface area contributed by atoms with E-state index in [1.807, 2.05) is 4.90 Å². The third-order valence-corrected chi connectivity index (χ3v) is 5.17. The molecule has 0 aromatic heterocycles. The lowest BCUT2D eigenvalue weighted by Crippen LogP contribution is -2.47. The van der Waals surface area contributed by atoms with Gasteiger partial charge in [0.25, 0.3) is 0 Å². The van der Waals surface area contributed by atoms with Gasteiger partial charge in [-0.1, -0.05) is 0 Å². The number of piperidine rings is 1. The van der Waals surface area contributed by atoms with E-state index < -0.39 is 0 Å². The molecule has 6 heteroatoms. The standard InChI is InChI=1S/C15H26N4O2/c1-17(2)15(21)18-7-4-11(5-8-18)14(20)19-9-12-3-6-16-13(12)10-19/h11-13,16H,3-10H2,1-2H3/t12-,13+/m0/s1. The topological polar surface area (TPSA) is 55.9 Å². The van der Waals surface area contributed by atoms with E-state index in [4.69, 9.17) is 0 Å². The lowest BCUT2D eigenvalue weighted by Gasteiger charge is -2.34. The van der Waals surface area contributed by atoms with Crippen LogP contribution in [0, 0.1) is 11.8 Å². The van der Waals surface area contributed by atoms with Crippen LogP contribution in [0.5, 0.6) is 0 Å². The lowest BCUT2D eigenvalue weighted by atomic mass is 9.95. The summed E-state index contributed by atoms with van der Waals surface area (Å²) in [7, 11) is 3.55. The van der Waals surface area contributed by atoms with Crippen molar-refractivity contribution < 1.29 is 9.59 Å². The van der Waals surface area contributed by atoms with Crippen molar-refractivity contribution in [2.75, 3.05) is 46.8 Å². The maximum absolute atomic E-state index is 12.6. The van der Waals surface area contributed by atoms with Gasteiger partial charge in [-0.05, 0) is 31.7 Å². The van der Waals surface area contributed by atoms with E-state index in [2.05, 4.69) is 10.2 Å². The smallest absolute Gasteiger partial charge is 0.319 e. The van der Waals surface area contributed by atoms with Crippen LogP contribution in [-0.4, -0.2) is 79.5 Å². The maximum Gasteiger partial charge on any atom is 0.319 e. The minimum absolute atomic E-state index is 0.0563. The second kappa shape index (κ2) is 5.83. The van der Waals surface area contributed by atoms with Crippen LogP contribution in [0.2, 0.25) is 0 Å². The number of rotatable bonds is 1. The summed E-state index contributed by atoms with van der Waals surface area (Å²) in [5.41, 5.74) is 0. The Morgan fingerprint density at radius 1 is 1.05 bits per heavy atom. The van der Waals surface area contributed by atoms with Crippen molar-refractivity contribution in [2.24, 2.45) is 11.8 Å². The highest BCUT2D eigenvalue weighted by Crippen LogP contribution is 2.28. The lowest BCUT2D eigenvalue weighted by molar-refractivity contribution is -0.136. The van der Waals surface area contributed by atoms with Gasteiger partial charge in [0, 0.05) is 52.2 Å². The first-order valence-corrected chi connectivity index (χ1v) is 8.04. The van der Waals surface area contributed by atoms with E-state index >= 15 is 0 Å². The van der Waals surface area contributed by atoms with Gasteiger partial charge in [-0.25, -0.2) is 4.79 Å². The molecular formula is C15H26N4O2. The summed E-state index contributed by atoms with van der Waals surface area (Å²) in [6.07, 6.45) is 2.81. The summed E-state index contributed by atoms with van der Waals surface area (Å²) in [5.74, 6) is 1.07. The van der Waals surface area contributed by atoms with Crippen LogP contribution in [0.1, 0.15) is 19.3 Å². The Morgan fingerprint density at radius 2 is 1.76 bits per heavy atom. The van der Waals surface area contributed by atoms with E-state index in [0.29, 0.717) is 31.0 Å². The molecular weight excluding hydrogens is 268 g/mol. The number of amides is 3. The number of likely N-dealkylation sites (tertiary alicyclic amines) is 2. The number of fused-ring (bicyclic) bond motifs is 1. The van der Waals surface area contributed by atoms with Crippen molar-refractivity contribution in [1.29, 1.82) is 0 Å². The molecule has 0 bridgehead atoms. The molecule has 2 atom stereocenters. The van der Waals surface area contributed by atoms with Crippen LogP contribution in [-0.2, 0) is 4.79 Å². The highest BCUT2D eigenvalue weighted by Gasteiger charge is 2.40. The highest BCUT2D eigenvalue weighted by molar-refractivity contribution is 5.80. The SMILES string of the molecule is CN(C)C(=O)N1CCC(C(=O)N2C[C@@H]3CCN[C@@H]3C2)CC1. The average Bonchev–Trinajstić information content (AvgIpc) is 3.07. The minimum Gasteiger partial charge on any atom is -0.341 e. The van der Waals surface area contributed by atoms with Gasteiger partial charge in [0.15, 0.2) is 0 Å². The zero-order valence-electron chi connectivity index (χ0n) is 13.0. The fraction of sp³-hybridized carbons (Fsp3) is 0.867. The van der Waals surface area contributed by atoms with Gasteiger partial charge >= 0.3 is 6.03 Å². The van der Waals surface area contributed by atoms with Gasteiger partial charge in [0.05, 0.1) is 0 Å². The zero-order valence-corrected chi connectivity index (χ0v) is 13.0. The summed E-state index contributed by atoms with van der Waals surface area (Å²) < 4.78 is 0. The quantitative estimate of drug-likeness (QED) is 0.752. The number of hydrogen-bond acceptors (Lipinski definition) is 3. The predicted molar refractivity (Wildman–Crippen MR) is 79.9 cm³/mol. The highest BCUT2D eigenvalue weighted by atomic mass is 16.2. The second-order valence-corrected chi connectivity index (χ2v) is 6.79. The van der Waals surface area contributed by atoms with E-state index in [1.165, 1.54) is 6.42 Å². The van der Waals surface area contributed by atoms with Crippen LogP contribution in [0.15, 0.2) is 0 Å². The Kier molecular flexibility index (Phi) is 4.06. The van der Waals surface area contributed by atoms with Crippen LogP contribution >= 0.6 is 0 Å². The summed E-state index contributed by atoms with van der Waals surface area (Å²) in [5, 5.41) is 3.49. The summed E-state index contributed by atoms with van der Waals surface area (Å²) in [4.78, 5) is 30.0. The number of carbonyl (C=O) groups is 2. The average molecular weight is 294 g/mol. The van der Waals surface area contributed by atoms with Crippen LogP contribution in [0.3, 0.4) is 0 Å². The molecule has 0 radical (unpaired) electrons. The fourth-order valence-electron chi connectivity index (χ4n) is 3.89. The molecule has 3 heterocycles. The van der Waals surface area contributed by atoms with Crippen molar-refractivity contribution in [1.82, 2.24) is 20.0 Å². The normalized spacial score (nSPS) is 29.6. The number of urea groups is 1. The number of hydrogen-bond donors (Lipinski definition) is 1. The number of nitrogens with one attached hydrogen (secondary N) is 1. The molecule has 3 aliphatic rings. The Bertz CT molecular complexity index is 406. The first-order chi connectivity index (χ1) is 10.1. The monoisotopic (exact) mass is 294 g/mol. The third-order valence-electron chi connectivity index (χ3n) is 5.17. The molecule has 0 unspecified atom stereocenters. The first kappa shape index (κ1) is 14.6. The molecule has 0 aromatic carbocycles. The van der Waals surface area contributed by atoms with Gasteiger partial charge in [-0.15, -0.1) is 0 Å². The molecule has 6 nitrogen and oxygen atoms in total. The molecule has 3 aliphatic heterocycles.